The van der Waals surface area contributed by atoms with Gasteiger partial charge in [0.2, 0.25) is 0 Å². The zero-order chi connectivity index (χ0) is 15.4. The van der Waals surface area contributed by atoms with Crippen molar-refractivity contribution in [3.05, 3.63) is 54.6 Å². The highest BCUT2D eigenvalue weighted by Gasteiger charge is 2.30. The lowest BCUT2D eigenvalue weighted by Gasteiger charge is -2.15. The molecule has 2 aromatic carbocycles. The largest absolute Gasteiger partial charge is 0.364 e. The van der Waals surface area contributed by atoms with E-state index >= 15 is 0 Å². The van der Waals surface area contributed by atoms with Gasteiger partial charge in [0.25, 0.3) is 5.91 Å². The van der Waals surface area contributed by atoms with E-state index < -0.39 is 6.10 Å². The van der Waals surface area contributed by atoms with Crippen molar-refractivity contribution >= 4 is 24.0 Å². The van der Waals surface area contributed by atoms with Gasteiger partial charge in [-0.15, -0.1) is 12.4 Å². The van der Waals surface area contributed by atoms with Crippen LogP contribution >= 0.6 is 12.4 Å². The Hall–Kier alpha value is -1.88. The molecule has 2 aromatic rings. The highest BCUT2D eigenvalue weighted by molar-refractivity contribution is 5.98. The summed E-state index contributed by atoms with van der Waals surface area (Å²) in [6.07, 6.45) is 1.16. The van der Waals surface area contributed by atoms with E-state index in [4.69, 9.17) is 10.5 Å². The molecule has 5 heteroatoms. The van der Waals surface area contributed by atoms with Gasteiger partial charge in [0.15, 0.2) is 0 Å². The lowest BCUT2D eigenvalue weighted by molar-refractivity contribution is -0.126. The molecule has 0 spiro atoms. The molecule has 1 aliphatic heterocycles. The van der Waals surface area contributed by atoms with Gasteiger partial charge >= 0.3 is 0 Å². The fourth-order valence-corrected chi connectivity index (χ4v) is 2.75. The fourth-order valence-electron chi connectivity index (χ4n) is 2.75. The molecule has 1 heterocycles. The zero-order valence-corrected chi connectivity index (χ0v) is 13.6. The highest BCUT2D eigenvalue weighted by Crippen LogP contribution is 2.28. The van der Waals surface area contributed by atoms with Gasteiger partial charge in [-0.2, -0.15) is 0 Å². The van der Waals surface area contributed by atoms with E-state index in [9.17, 15) is 4.79 Å². The minimum Gasteiger partial charge on any atom is -0.364 e. The standard InChI is InChI=1S/C18H20N2O2.ClH/c19-12-14-10-11-17(22-14)18(21)20-16-9-5-4-8-15(16)13-6-2-1-3-7-13;/h1-9,14,17H,10-12,19H2,(H,20,21);1H/t14-,17+;/m1./s1. The third-order valence-electron chi connectivity index (χ3n) is 3.93. The van der Waals surface area contributed by atoms with E-state index in [1.54, 1.807) is 0 Å². The first-order chi connectivity index (χ1) is 10.8. The topological polar surface area (TPSA) is 64.4 Å². The maximum atomic E-state index is 12.4. The first-order valence-electron chi connectivity index (χ1n) is 7.59. The van der Waals surface area contributed by atoms with E-state index in [0.29, 0.717) is 6.54 Å². The van der Waals surface area contributed by atoms with E-state index in [0.717, 1.165) is 29.7 Å². The molecule has 0 bridgehead atoms. The maximum Gasteiger partial charge on any atom is 0.253 e. The first kappa shape index (κ1) is 17.5. The smallest absolute Gasteiger partial charge is 0.253 e. The maximum absolute atomic E-state index is 12.4. The minimum absolute atomic E-state index is 0. The number of rotatable bonds is 4. The van der Waals surface area contributed by atoms with Crippen LogP contribution in [-0.4, -0.2) is 24.7 Å². The number of carbonyl (C=O) groups excluding carboxylic acids is 1. The predicted octanol–water partition coefficient (Wildman–Crippen LogP) is 3.22. The van der Waals surface area contributed by atoms with Gasteiger partial charge in [-0.1, -0.05) is 48.5 Å². The second-order valence-electron chi connectivity index (χ2n) is 5.46. The molecule has 1 saturated heterocycles. The number of hydrogen-bond donors (Lipinski definition) is 2. The van der Waals surface area contributed by atoms with Crippen LogP contribution < -0.4 is 11.1 Å². The molecule has 23 heavy (non-hydrogen) atoms. The number of para-hydroxylation sites is 1. The number of carbonyl (C=O) groups is 1. The lowest BCUT2D eigenvalue weighted by atomic mass is 10.0. The Balaban J connectivity index is 0.00000192. The number of hydrogen-bond acceptors (Lipinski definition) is 3. The second-order valence-corrected chi connectivity index (χ2v) is 5.46. The van der Waals surface area contributed by atoms with E-state index in [-0.39, 0.29) is 24.4 Å². The summed E-state index contributed by atoms with van der Waals surface area (Å²) in [4.78, 5) is 12.4. The third kappa shape index (κ3) is 4.10. The molecule has 0 aliphatic carbocycles. The van der Waals surface area contributed by atoms with Crippen molar-refractivity contribution in [3.63, 3.8) is 0 Å². The Bertz CT molecular complexity index is 648. The van der Waals surface area contributed by atoms with Crippen LogP contribution in [0.1, 0.15) is 12.8 Å². The molecule has 0 radical (unpaired) electrons. The Labute approximate surface area is 142 Å². The molecule has 1 aliphatic rings. The van der Waals surface area contributed by atoms with Gasteiger partial charge in [0.1, 0.15) is 6.10 Å². The van der Waals surface area contributed by atoms with Gasteiger partial charge < -0.3 is 15.8 Å². The van der Waals surface area contributed by atoms with Crippen molar-refractivity contribution in [2.24, 2.45) is 5.73 Å². The van der Waals surface area contributed by atoms with Crippen molar-refractivity contribution in [1.29, 1.82) is 0 Å². The Morgan fingerprint density at radius 2 is 1.78 bits per heavy atom. The van der Waals surface area contributed by atoms with Gasteiger partial charge in [0, 0.05) is 17.8 Å². The molecule has 0 aromatic heterocycles. The first-order valence-corrected chi connectivity index (χ1v) is 7.59. The molecule has 0 saturated carbocycles. The monoisotopic (exact) mass is 332 g/mol. The van der Waals surface area contributed by atoms with E-state index in [2.05, 4.69) is 5.32 Å². The summed E-state index contributed by atoms with van der Waals surface area (Å²) >= 11 is 0. The average molecular weight is 333 g/mol. The van der Waals surface area contributed by atoms with E-state index in [1.807, 2.05) is 54.6 Å². The fraction of sp³-hybridized carbons (Fsp3) is 0.278. The van der Waals surface area contributed by atoms with Gasteiger partial charge in [-0.25, -0.2) is 0 Å². The molecule has 2 atom stereocenters. The van der Waals surface area contributed by atoms with Crippen molar-refractivity contribution in [1.82, 2.24) is 0 Å². The van der Waals surface area contributed by atoms with Gasteiger partial charge in [0.05, 0.1) is 6.10 Å². The van der Waals surface area contributed by atoms with Crippen LogP contribution in [0.25, 0.3) is 11.1 Å². The number of ether oxygens (including phenoxy) is 1. The molecule has 0 unspecified atom stereocenters. The third-order valence-corrected chi connectivity index (χ3v) is 3.93. The van der Waals surface area contributed by atoms with Crippen LogP contribution in [0.15, 0.2) is 54.6 Å². The Morgan fingerprint density at radius 3 is 2.48 bits per heavy atom. The second kappa shape index (κ2) is 8.11. The van der Waals surface area contributed by atoms with Crippen LogP contribution in [0.3, 0.4) is 0 Å². The quantitative estimate of drug-likeness (QED) is 0.903. The highest BCUT2D eigenvalue weighted by atomic mass is 35.5. The van der Waals surface area contributed by atoms with Gasteiger partial charge in [-0.05, 0) is 24.5 Å². The zero-order valence-electron chi connectivity index (χ0n) is 12.8. The van der Waals surface area contributed by atoms with E-state index in [1.165, 1.54) is 0 Å². The molecule has 3 rings (SSSR count). The Kier molecular flexibility index (Phi) is 6.16. The summed E-state index contributed by atoms with van der Waals surface area (Å²) in [5.41, 5.74) is 8.48. The Morgan fingerprint density at radius 1 is 1.09 bits per heavy atom. The average Bonchev–Trinajstić information content (AvgIpc) is 3.05. The number of nitrogens with two attached hydrogens (primary N) is 1. The predicted molar refractivity (Wildman–Crippen MR) is 94.7 cm³/mol. The summed E-state index contributed by atoms with van der Waals surface area (Å²) in [5, 5.41) is 2.99. The van der Waals surface area contributed by atoms with Crippen LogP contribution in [0, 0.1) is 0 Å². The van der Waals surface area contributed by atoms with Crippen LogP contribution in [0.4, 0.5) is 5.69 Å². The minimum atomic E-state index is -0.405. The summed E-state index contributed by atoms with van der Waals surface area (Å²) in [6.45, 7) is 0.463. The number of anilines is 1. The molecule has 3 N–H and O–H groups in total. The van der Waals surface area contributed by atoms with Crippen molar-refractivity contribution in [3.8, 4) is 11.1 Å². The van der Waals surface area contributed by atoms with Crippen LogP contribution in [-0.2, 0) is 9.53 Å². The molecular formula is C18H21ClN2O2. The molecular weight excluding hydrogens is 312 g/mol. The molecule has 4 nitrogen and oxygen atoms in total. The lowest BCUT2D eigenvalue weighted by Crippen LogP contribution is -2.29. The van der Waals surface area contributed by atoms with Crippen LogP contribution in [0.5, 0.6) is 0 Å². The molecule has 1 fully saturated rings. The van der Waals surface area contributed by atoms with Crippen molar-refractivity contribution in [2.45, 2.75) is 25.0 Å². The summed E-state index contributed by atoms with van der Waals surface area (Å²) < 4.78 is 5.65. The number of amides is 1. The van der Waals surface area contributed by atoms with Crippen molar-refractivity contribution < 1.29 is 9.53 Å². The SMILES string of the molecule is Cl.NC[C@H]1CC[C@@H](C(=O)Nc2ccccc2-c2ccccc2)O1. The molecule has 122 valence electrons. The number of halogens is 1. The number of nitrogens with one attached hydrogen (secondary N) is 1. The molecule has 1 amide bonds. The number of benzene rings is 2. The van der Waals surface area contributed by atoms with Gasteiger partial charge in [-0.3, -0.25) is 4.79 Å². The normalized spacial score (nSPS) is 19.9. The van der Waals surface area contributed by atoms with Crippen LogP contribution in [0.2, 0.25) is 0 Å². The summed E-state index contributed by atoms with van der Waals surface area (Å²) in [7, 11) is 0. The van der Waals surface area contributed by atoms with Crippen molar-refractivity contribution in [2.75, 3.05) is 11.9 Å². The summed E-state index contributed by atoms with van der Waals surface area (Å²) in [6, 6.07) is 17.8. The summed E-state index contributed by atoms with van der Waals surface area (Å²) in [5.74, 6) is -0.0978.